The van der Waals surface area contributed by atoms with Crippen LogP contribution in [0.15, 0.2) is 78.9 Å². The third-order valence-corrected chi connectivity index (χ3v) is 9.15. The molecule has 3 amide bonds. The number of carbonyl (C=O) groups excluding carboxylic acids is 2. The van der Waals surface area contributed by atoms with Crippen LogP contribution in [0.1, 0.15) is 68.8 Å². The van der Waals surface area contributed by atoms with Crippen molar-refractivity contribution in [3.63, 3.8) is 0 Å². The maximum Gasteiger partial charge on any atom is 0.324 e. The molecule has 2 atom stereocenters. The van der Waals surface area contributed by atoms with Gasteiger partial charge in [0, 0.05) is 29.3 Å². The van der Waals surface area contributed by atoms with Crippen LogP contribution < -0.4 is 10.6 Å². The van der Waals surface area contributed by atoms with Gasteiger partial charge in [-0.1, -0.05) is 68.8 Å². The Morgan fingerprint density at radius 3 is 2.22 bits per heavy atom. The molecule has 1 aromatic heterocycles. The monoisotopic (exact) mass is 607 g/mol. The zero-order valence-corrected chi connectivity index (χ0v) is 26.5. The molecule has 2 N–H and O–H groups in total. The summed E-state index contributed by atoms with van der Waals surface area (Å²) in [6.07, 6.45) is 5.02. The van der Waals surface area contributed by atoms with Crippen LogP contribution in [0.25, 0.3) is 5.69 Å². The standard InChI is InChI=1S/C37H42FN5O2/c1-24-9-15-29(16-10-24)43-34(23-33(41-43)37(2,3)4)40-36(45)39-28-13-11-25(12-14-28)19-26-20-30-17-18-31(21-26)42(30)35(44)22-27-7-5-6-8-32(27)38/h5-16,23,26,30-31H,17-22H2,1-4H3,(H2,39,40,45). The molecule has 4 aromatic rings. The second kappa shape index (κ2) is 12.5. The van der Waals surface area contributed by atoms with E-state index in [9.17, 15) is 14.0 Å². The van der Waals surface area contributed by atoms with Gasteiger partial charge in [0.05, 0.1) is 17.8 Å². The van der Waals surface area contributed by atoms with Crippen LogP contribution in [-0.2, 0) is 23.1 Å². The van der Waals surface area contributed by atoms with Gasteiger partial charge in [0.2, 0.25) is 5.91 Å². The van der Waals surface area contributed by atoms with Gasteiger partial charge in [-0.15, -0.1) is 0 Å². The van der Waals surface area contributed by atoms with Crippen molar-refractivity contribution in [1.82, 2.24) is 14.7 Å². The van der Waals surface area contributed by atoms with E-state index in [0.29, 0.717) is 23.0 Å². The lowest BCUT2D eigenvalue weighted by molar-refractivity contribution is -0.135. The number of halogens is 1. The molecule has 0 spiro atoms. The molecule has 3 aromatic carbocycles. The summed E-state index contributed by atoms with van der Waals surface area (Å²) in [6.45, 7) is 8.34. The number of rotatable bonds is 7. The molecule has 2 aliphatic rings. The molecule has 3 heterocycles. The Morgan fingerprint density at radius 2 is 1.58 bits per heavy atom. The predicted molar refractivity (Wildman–Crippen MR) is 176 cm³/mol. The fourth-order valence-corrected chi connectivity index (χ4v) is 6.82. The third-order valence-electron chi connectivity index (χ3n) is 9.15. The number of anilines is 2. The molecular weight excluding hydrogens is 565 g/mol. The van der Waals surface area contributed by atoms with Crippen molar-refractivity contribution in [3.05, 3.63) is 107 Å². The van der Waals surface area contributed by atoms with Gasteiger partial charge < -0.3 is 10.2 Å². The smallest absolute Gasteiger partial charge is 0.324 e. The minimum atomic E-state index is -0.333. The normalized spacial score (nSPS) is 19.4. The minimum absolute atomic E-state index is 0.0382. The second-order valence-corrected chi connectivity index (χ2v) is 13.7. The van der Waals surface area contributed by atoms with E-state index in [1.807, 2.05) is 54.3 Å². The zero-order chi connectivity index (χ0) is 31.7. The van der Waals surface area contributed by atoms with Crippen molar-refractivity contribution in [1.29, 1.82) is 0 Å². The lowest BCUT2D eigenvalue weighted by atomic mass is 9.85. The van der Waals surface area contributed by atoms with Gasteiger partial charge >= 0.3 is 6.03 Å². The first kappa shape index (κ1) is 30.6. The molecule has 234 valence electrons. The summed E-state index contributed by atoms with van der Waals surface area (Å²) in [5.41, 5.74) is 5.14. The van der Waals surface area contributed by atoms with Crippen molar-refractivity contribution in [2.24, 2.45) is 5.92 Å². The number of amides is 3. The van der Waals surface area contributed by atoms with Gasteiger partial charge in [0.15, 0.2) is 0 Å². The van der Waals surface area contributed by atoms with Crippen LogP contribution in [0, 0.1) is 18.7 Å². The van der Waals surface area contributed by atoms with E-state index in [1.54, 1.807) is 22.9 Å². The number of urea groups is 1. The molecule has 0 saturated carbocycles. The molecule has 2 unspecified atom stereocenters. The largest absolute Gasteiger partial charge is 0.336 e. The first-order valence-corrected chi connectivity index (χ1v) is 15.9. The van der Waals surface area contributed by atoms with Crippen LogP contribution >= 0.6 is 0 Å². The highest BCUT2D eigenvalue weighted by atomic mass is 19.1. The summed E-state index contributed by atoms with van der Waals surface area (Å²) in [5, 5.41) is 10.7. The van der Waals surface area contributed by atoms with E-state index in [-0.39, 0.29) is 41.7 Å². The maximum absolute atomic E-state index is 14.2. The first-order chi connectivity index (χ1) is 21.5. The summed E-state index contributed by atoms with van der Waals surface area (Å²) in [4.78, 5) is 28.3. The summed E-state index contributed by atoms with van der Waals surface area (Å²) in [5.74, 6) is 0.816. The molecule has 2 bridgehead atoms. The quantitative estimate of drug-likeness (QED) is 0.225. The van der Waals surface area contributed by atoms with Crippen molar-refractivity contribution in [3.8, 4) is 5.69 Å². The fraction of sp³-hybridized carbons (Fsp3) is 0.378. The molecule has 0 radical (unpaired) electrons. The van der Waals surface area contributed by atoms with E-state index >= 15 is 0 Å². The molecular formula is C37H42FN5O2. The second-order valence-electron chi connectivity index (χ2n) is 13.7. The number of hydrogen-bond donors (Lipinski definition) is 2. The Labute approximate surface area is 264 Å². The van der Waals surface area contributed by atoms with Gasteiger partial charge in [-0.05, 0) is 86.4 Å². The first-order valence-electron chi connectivity index (χ1n) is 15.9. The van der Waals surface area contributed by atoms with Crippen LogP contribution in [0.3, 0.4) is 0 Å². The molecule has 2 aliphatic heterocycles. The van der Waals surface area contributed by atoms with E-state index in [4.69, 9.17) is 5.10 Å². The average Bonchev–Trinajstić information content (AvgIpc) is 3.54. The number of nitrogens with zero attached hydrogens (tertiary/aromatic N) is 3. The Hall–Kier alpha value is -4.46. The number of hydrogen-bond acceptors (Lipinski definition) is 3. The number of carbonyl (C=O) groups is 2. The van der Waals surface area contributed by atoms with E-state index in [1.165, 1.54) is 11.6 Å². The van der Waals surface area contributed by atoms with Crippen LogP contribution in [0.4, 0.5) is 20.7 Å². The number of piperidine rings is 1. The number of aromatic nitrogens is 2. The summed E-state index contributed by atoms with van der Waals surface area (Å²) in [7, 11) is 0. The SMILES string of the molecule is Cc1ccc(-n2nc(C(C)(C)C)cc2NC(=O)Nc2ccc(CC3CC4CCC(C3)N4C(=O)Cc3ccccc3F)cc2)cc1. The van der Waals surface area contributed by atoms with E-state index < -0.39 is 0 Å². The van der Waals surface area contributed by atoms with E-state index in [2.05, 4.69) is 43.5 Å². The number of fused-ring (bicyclic) bond motifs is 2. The lowest BCUT2D eigenvalue weighted by Crippen LogP contribution is -2.47. The zero-order valence-electron chi connectivity index (χ0n) is 26.5. The molecule has 8 heteroatoms. The highest BCUT2D eigenvalue weighted by Crippen LogP contribution is 2.40. The van der Waals surface area contributed by atoms with Crippen molar-refractivity contribution >= 4 is 23.4 Å². The third kappa shape index (κ3) is 6.95. The Kier molecular flexibility index (Phi) is 8.49. The summed E-state index contributed by atoms with van der Waals surface area (Å²) >= 11 is 0. The van der Waals surface area contributed by atoms with Gasteiger partial charge in [-0.25, -0.2) is 13.9 Å². The molecule has 0 aliphatic carbocycles. The average molecular weight is 608 g/mol. The predicted octanol–water partition coefficient (Wildman–Crippen LogP) is 7.82. The van der Waals surface area contributed by atoms with E-state index in [0.717, 1.165) is 49.0 Å². The fourth-order valence-electron chi connectivity index (χ4n) is 6.82. The van der Waals surface area contributed by atoms with Gasteiger partial charge in [-0.3, -0.25) is 10.1 Å². The molecule has 6 rings (SSSR count). The number of aryl methyl sites for hydroxylation is 1. The Bertz CT molecular complexity index is 1660. The van der Waals surface area contributed by atoms with Crippen LogP contribution in [0.2, 0.25) is 0 Å². The van der Waals surface area contributed by atoms with Crippen molar-refractivity contribution in [2.45, 2.75) is 83.7 Å². The molecule has 2 fully saturated rings. The molecule has 45 heavy (non-hydrogen) atoms. The van der Waals surface area contributed by atoms with Gasteiger partial charge in [0.1, 0.15) is 11.6 Å². The van der Waals surface area contributed by atoms with Crippen LogP contribution in [0.5, 0.6) is 0 Å². The molecule has 2 saturated heterocycles. The number of benzene rings is 3. The minimum Gasteiger partial charge on any atom is -0.336 e. The van der Waals surface area contributed by atoms with Crippen molar-refractivity contribution in [2.75, 3.05) is 10.6 Å². The summed E-state index contributed by atoms with van der Waals surface area (Å²) < 4.78 is 15.9. The molecule has 7 nitrogen and oxygen atoms in total. The van der Waals surface area contributed by atoms with Gasteiger partial charge in [0.25, 0.3) is 0 Å². The van der Waals surface area contributed by atoms with Gasteiger partial charge in [-0.2, -0.15) is 5.10 Å². The topological polar surface area (TPSA) is 79.3 Å². The van der Waals surface area contributed by atoms with Crippen molar-refractivity contribution < 1.29 is 14.0 Å². The highest BCUT2D eigenvalue weighted by Gasteiger charge is 2.43. The lowest BCUT2D eigenvalue weighted by Gasteiger charge is -2.39. The summed E-state index contributed by atoms with van der Waals surface area (Å²) in [6, 6.07) is 24.7. The Balaban J connectivity index is 1.05. The highest BCUT2D eigenvalue weighted by molar-refractivity contribution is 5.99. The Morgan fingerprint density at radius 1 is 0.911 bits per heavy atom. The van der Waals surface area contributed by atoms with Crippen LogP contribution in [-0.4, -0.2) is 38.7 Å². The maximum atomic E-state index is 14.2. The number of nitrogens with one attached hydrogen (secondary N) is 2.